The van der Waals surface area contributed by atoms with E-state index < -0.39 is 11.9 Å². The SMILES string of the molecule is CC(CC(C(=O)O)c1cccnc1)c1ccccc1. The van der Waals surface area contributed by atoms with Crippen LogP contribution >= 0.6 is 0 Å². The van der Waals surface area contributed by atoms with Crippen molar-refractivity contribution in [3.8, 4) is 0 Å². The normalized spacial score (nSPS) is 13.7. The van der Waals surface area contributed by atoms with Crippen molar-refractivity contribution in [1.82, 2.24) is 4.98 Å². The first-order valence-corrected chi connectivity index (χ1v) is 6.36. The predicted octanol–water partition coefficient (Wildman–Crippen LogP) is 3.44. The molecule has 0 bridgehead atoms. The lowest BCUT2D eigenvalue weighted by atomic mass is 9.87. The van der Waals surface area contributed by atoms with Gasteiger partial charge >= 0.3 is 5.97 Å². The van der Waals surface area contributed by atoms with Gasteiger partial charge in [0.25, 0.3) is 0 Å². The zero-order valence-corrected chi connectivity index (χ0v) is 10.9. The van der Waals surface area contributed by atoms with Gasteiger partial charge in [0.05, 0.1) is 5.92 Å². The van der Waals surface area contributed by atoms with Gasteiger partial charge in [-0.05, 0) is 29.5 Å². The van der Waals surface area contributed by atoms with Crippen LogP contribution in [0.4, 0.5) is 0 Å². The number of nitrogens with zero attached hydrogens (tertiary/aromatic N) is 1. The molecule has 1 aromatic heterocycles. The number of rotatable bonds is 5. The van der Waals surface area contributed by atoms with Gasteiger partial charge in [-0.3, -0.25) is 9.78 Å². The topological polar surface area (TPSA) is 50.2 Å². The van der Waals surface area contributed by atoms with Crippen LogP contribution in [0.15, 0.2) is 54.9 Å². The summed E-state index contributed by atoms with van der Waals surface area (Å²) in [5.41, 5.74) is 1.93. The average molecular weight is 255 g/mol. The van der Waals surface area contributed by atoms with Gasteiger partial charge in [0.15, 0.2) is 0 Å². The van der Waals surface area contributed by atoms with Gasteiger partial charge < -0.3 is 5.11 Å². The fourth-order valence-corrected chi connectivity index (χ4v) is 2.23. The van der Waals surface area contributed by atoms with Crippen LogP contribution in [0.2, 0.25) is 0 Å². The predicted molar refractivity (Wildman–Crippen MR) is 74.1 cm³/mol. The highest BCUT2D eigenvalue weighted by molar-refractivity contribution is 5.76. The fourth-order valence-electron chi connectivity index (χ4n) is 2.23. The maximum atomic E-state index is 11.4. The average Bonchev–Trinajstić information content (AvgIpc) is 2.46. The van der Waals surface area contributed by atoms with Crippen molar-refractivity contribution in [3.63, 3.8) is 0 Å². The van der Waals surface area contributed by atoms with Crippen LogP contribution in [0.1, 0.15) is 36.3 Å². The Morgan fingerprint density at radius 3 is 2.42 bits per heavy atom. The summed E-state index contributed by atoms with van der Waals surface area (Å²) in [6.07, 6.45) is 3.87. The third-order valence-corrected chi connectivity index (χ3v) is 3.34. The van der Waals surface area contributed by atoms with Gasteiger partial charge in [-0.2, -0.15) is 0 Å². The second-order valence-electron chi connectivity index (χ2n) is 4.72. The number of carbonyl (C=O) groups is 1. The molecular weight excluding hydrogens is 238 g/mol. The number of carboxylic acids is 1. The quantitative estimate of drug-likeness (QED) is 0.890. The van der Waals surface area contributed by atoms with Crippen LogP contribution in [0.3, 0.4) is 0 Å². The van der Waals surface area contributed by atoms with Crippen LogP contribution in [-0.2, 0) is 4.79 Å². The highest BCUT2D eigenvalue weighted by Gasteiger charge is 2.23. The number of hydrogen-bond donors (Lipinski definition) is 1. The van der Waals surface area contributed by atoms with Crippen LogP contribution in [0, 0.1) is 0 Å². The van der Waals surface area contributed by atoms with Crippen molar-refractivity contribution in [3.05, 3.63) is 66.0 Å². The van der Waals surface area contributed by atoms with Crippen LogP contribution in [-0.4, -0.2) is 16.1 Å². The van der Waals surface area contributed by atoms with Crippen molar-refractivity contribution < 1.29 is 9.90 Å². The summed E-state index contributed by atoms with van der Waals surface area (Å²) in [6, 6.07) is 13.6. The summed E-state index contributed by atoms with van der Waals surface area (Å²) >= 11 is 0. The molecule has 2 aromatic rings. The standard InChI is InChI=1S/C16H17NO2/c1-12(13-6-3-2-4-7-13)10-15(16(18)19)14-8-5-9-17-11-14/h2-9,11-12,15H,10H2,1H3,(H,18,19). The Kier molecular flexibility index (Phi) is 4.29. The first-order valence-electron chi connectivity index (χ1n) is 6.36. The number of pyridine rings is 1. The van der Waals surface area contributed by atoms with E-state index in [1.54, 1.807) is 18.5 Å². The maximum Gasteiger partial charge on any atom is 0.311 e. The van der Waals surface area contributed by atoms with Crippen molar-refractivity contribution in [2.45, 2.75) is 25.2 Å². The molecule has 1 N–H and O–H groups in total. The third-order valence-electron chi connectivity index (χ3n) is 3.34. The monoisotopic (exact) mass is 255 g/mol. The second kappa shape index (κ2) is 6.14. The maximum absolute atomic E-state index is 11.4. The third kappa shape index (κ3) is 3.41. The minimum Gasteiger partial charge on any atom is -0.481 e. The number of benzene rings is 1. The number of hydrogen-bond acceptors (Lipinski definition) is 2. The van der Waals surface area contributed by atoms with Crippen molar-refractivity contribution in [1.29, 1.82) is 0 Å². The fraction of sp³-hybridized carbons (Fsp3) is 0.250. The lowest BCUT2D eigenvalue weighted by molar-refractivity contribution is -0.139. The number of aromatic nitrogens is 1. The van der Waals surface area contributed by atoms with Crippen molar-refractivity contribution in [2.24, 2.45) is 0 Å². The number of aliphatic carboxylic acids is 1. The zero-order chi connectivity index (χ0) is 13.7. The van der Waals surface area contributed by atoms with E-state index in [1.165, 1.54) is 0 Å². The molecule has 98 valence electrons. The molecule has 0 aliphatic carbocycles. The Balaban J connectivity index is 2.16. The van der Waals surface area contributed by atoms with Gasteiger partial charge in [-0.25, -0.2) is 0 Å². The Bertz CT molecular complexity index is 525. The summed E-state index contributed by atoms with van der Waals surface area (Å²) < 4.78 is 0. The molecule has 2 unspecified atom stereocenters. The Morgan fingerprint density at radius 1 is 1.16 bits per heavy atom. The molecule has 0 saturated heterocycles. The van der Waals surface area contributed by atoms with E-state index in [4.69, 9.17) is 0 Å². The van der Waals surface area contributed by atoms with Crippen LogP contribution < -0.4 is 0 Å². The van der Waals surface area contributed by atoms with Gasteiger partial charge in [-0.15, -0.1) is 0 Å². The van der Waals surface area contributed by atoms with Crippen LogP contribution in [0.5, 0.6) is 0 Å². The van der Waals surface area contributed by atoms with Gasteiger partial charge in [-0.1, -0.05) is 43.3 Å². The van der Waals surface area contributed by atoms with E-state index in [1.807, 2.05) is 36.4 Å². The van der Waals surface area contributed by atoms with E-state index in [-0.39, 0.29) is 5.92 Å². The molecule has 2 atom stereocenters. The molecule has 0 fully saturated rings. The largest absolute Gasteiger partial charge is 0.481 e. The van der Waals surface area contributed by atoms with Crippen molar-refractivity contribution >= 4 is 5.97 Å². The Morgan fingerprint density at radius 2 is 1.84 bits per heavy atom. The molecule has 19 heavy (non-hydrogen) atoms. The molecule has 0 radical (unpaired) electrons. The summed E-state index contributed by atoms with van der Waals surface area (Å²) in [5, 5.41) is 9.39. The van der Waals surface area contributed by atoms with Crippen molar-refractivity contribution in [2.75, 3.05) is 0 Å². The Labute approximate surface area is 112 Å². The minimum atomic E-state index is -0.796. The first kappa shape index (κ1) is 13.3. The lowest BCUT2D eigenvalue weighted by Gasteiger charge is -2.18. The highest BCUT2D eigenvalue weighted by atomic mass is 16.4. The summed E-state index contributed by atoms with van der Waals surface area (Å²) in [4.78, 5) is 15.4. The summed E-state index contributed by atoms with van der Waals surface area (Å²) in [5.74, 6) is -1.11. The molecule has 2 rings (SSSR count). The molecule has 0 aliphatic heterocycles. The molecule has 1 aromatic carbocycles. The van der Waals surface area contributed by atoms with Gasteiger partial charge in [0.2, 0.25) is 0 Å². The molecule has 0 spiro atoms. The van der Waals surface area contributed by atoms with E-state index in [0.29, 0.717) is 6.42 Å². The van der Waals surface area contributed by atoms with E-state index >= 15 is 0 Å². The van der Waals surface area contributed by atoms with E-state index in [9.17, 15) is 9.90 Å². The smallest absolute Gasteiger partial charge is 0.311 e. The van der Waals surface area contributed by atoms with E-state index in [0.717, 1.165) is 11.1 Å². The zero-order valence-electron chi connectivity index (χ0n) is 10.9. The first-order chi connectivity index (χ1) is 9.18. The second-order valence-corrected chi connectivity index (χ2v) is 4.72. The molecule has 3 heteroatoms. The molecule has 3 nitrogen and oxygen atoms in total. The molecule has 0 aliphatic rings. The Hall–Kier alpha value is -2.16. The molecule has 0 amide bonds. The number of carboxylic acid groups (broad SMARTS) is 1. The van der Waals surface area contributed by atoms with Crippen LogP contribution in [0.25, 0.3) is 0 Å². The highest BCUT2D eigenvalue weighted by Crippen LogP contribution is 2.29. The molecular formula is C16H17NO2. The van der Waals surface area contributed by atoms with E-state index in [2.05, 4.69) is 11.9 Å². The van der Waals surface area contributed by atoms with Gasteiger partial charge in [0, 0.05) is 12.4 Å². The summed E-state index contributed by atoms with van der Waals surface area (Å²) in [7, 11) is 0. The molecule has 0 saturated carbocycles. The summed E-state index contributed by atoms with van der Waals surface area (Å²) in [6.45, 7) is 2.06. The van der Waals surface area contributed by atoms with Gasteiger partial charge in [0.1, 0.15) is 0 Å². The minimum absolute atomic E-state index is 0.197. The molecule has 1 heterocycles. The lowest BCUT2D eigenvalue weighted by Crippen LogP contribution is -2.14.